The summed E-state index contributed by atoms with van der Waals surface area (Å²) in [4.78, 5) is 0. The minimum atomic E-state index is 0.132. The molecule has 3 heteroatoms. The lowest BCUT2D eigenvalue weighted by Gasteiger charge is -2.05. The van der Waals surface area contributed by atoms with E-state index >= 15 is 0 Å². The van der Waals surface area contributed by atoms with Gasteiger partial charge in [0.2, 0.25) is 0 Å². The minimum Gasteiger partial charge on any atom is -0.496 e. The van der Waals surface area contributed by atoms with Crippen molar-refractivity contribution in [2.75, 3.05) is 7.11 Å². The first-order valence-corrected chi connectivity index (χ1v) is 4.70. The summed E-state index contributed by atoms with van der Waals surface area (Å²) in [7, 11) is 1.75. The van der Waals surface area contributed by atoms with Gasteiger partial charge in [-0.05, 0) is 13.0 Å². The summed E-state index contributed by atoms with van der Waals surface area (Å²) in [5.41, 5.74) is 2.16. The van der Waals surface area contributed by atoms with Crippen LogP contribution < -0.4 is 4.74 Å². The van der Waals surface area contributed by atoms with Crippen LogP contribution >= 0.6 is 8.46 Å². The third-order valence-electron chi connectivity index (χ3n) is 1.67. The number of benzene rings is 1. The van der Waals surface area contributed by atoms with Crippen LogP contribution in [-0.4, -0.2) is 7.11 Å². The number of methoxy groups -OCH3 is 1. The molecule has 0 saturated heterocycles. The summed E-state index contributed by atoms with van der Waals surface area (Å²) < 4.78 is 15.5. The van der Waals surface area contributed by atoms with Crippen molar-refractivity contribution in [2.45, 2.75) is 13.1 Å². The van der Waals surface area contributed by atoms with E-state index in [4.69, 9.17) is 4.74 Å². The van der Waals surface area contributed by atoms with E-state index in [0.29, 0.717) is 6.16 Å². The van der Waals surface area contributed by atoms with Crippen molar-refractivity contribution in [1.82, 2.24) is 0 Å². The summed E-state index contributed by atoms with van der Waals surface area (Å²) in [5.74, 6) is 0.809. The highest BCUT2D eigenvalue weighted by molar-refractivity contribution is 7.22. The fourth-order valence-corrected chi connectivity index (χ4v) is 1.49. The average Bonchev–Trinajstić information content (AvgIpc) is 2.05. The summed E-state index contributed by atoms with van der Waals surface area (Å²) >= 11 is 0. The van der Waals surface area contributed by atoms with Crippen LogP contribution in [0.15, 0.2) is 18.2 Å². The molecule has 0 aliphatic rings. The highest BCUT2D eigenvalue weighted by Gasteiger charge is 2.01. The summed E-state index contributed by atoms with van der Waals surface area (Å²) in [6.45, 7) is 2.00. The zero-order valence-electron chi connectivity index (χ0n) is 7.20. The van der Waals surface area contributed by atoms with Gasteiger partial charge in [-0.15, -0.1) is 0 Å². The van der Waals surface area contributed by atoms with E-state index in [1.165, 1.54) is 0 Å². The van der Waals surface area contributed by atoms with E-state index in [9.17, 15) is 4.57 Å². The van der Waals surface area contributed by atoms with Crippen LogP contribution in [0, 0.1) is 6.92 Å². The van der Waals surface area contributed by atoms with Crippen LogP contribution in [0.1, 0.15) is 11.1 Å². The van der Waals surface area contributed by atoms with Gasteiger partial charge in [-0.25, -0.2) is 0 Å². The topological polar surface area (TPSA) is 26.3 Å². The van der Waals surface area contributed by atoms with E-state index in [-0.39, 0.29) is 8.46 Å². The van der Waals surface area contributed by atoms with Crippen molar-refractivity contribution in [3.05, 3.63) is 29.3 Å². The molecule has 0 amide bonds. The Kier molecular flexibility index (Phi) is 3.24. The van der Waals surface area contributed by atoms with E-state index in [2.05, 4.69) is 0 Å². The molecule has 0 aliphatic heterocycles. The third kappa shape index (κ3) is 2.05. The van der Waals surface area contributed by atoms with Crippen LogP contribution in [0.5, 0.6) is 5.75 Å². The summed E-state index contributed by atoms with van der Waals surface area (Å²) in [6.07, 6.45) is 0.519. The molecule has 2 nitrogen and oxygen atoms in total. The maximum Gasteiger partial charge on any atom is 0.160 e. The normalized spacial score (nSPS) is 10.2. The molecule has 0 unspecified atom stereocenters. The molecule has 1 aromatic carbocycles. The van der Waals surface area contributed by atoms with E-state index < -0.39 is 0 Å². The Morgan fingerprint density at radius 3 is 2.83 bits per heavy atom. The number of hydrogen-bond acceptors (Lipinski definition) is 2. The predicted molar refractivity (Wildman–Crippen MR) is 49.0 cm³/mol. The van der Waals surface area contributed by atoms with Gasteiger partial charge in [-0.2, -0.15) is 0 Å². The summed E-state index contributed by atoms with van der Waals surface area (Å²) in [5, 5.41) is 0. The minimum absolute atomic E-state index is 0.132. The molecule has 1 rings (SSSR count). The first-order chi connectivity index (χ1) is 5.77. The van der Waals surface area contributed by atoms with Gasteiger partial charge in [-0.1, -0.05) is 17.7 Å². The van der Waals surface area contributed by atoms with Crippen LogP contribution in [0.2, 0.25) is 0 Å². The zero-order valence-corrected chi connectivity index (χ0v) is 8.10. The van der Waals surface area contributed by atoms with Gasteiger partial charge in [-0.3, -0.25) is 4.57 Å². The predicted octanol–water partition coefficient (Wildman–Crippen LogP) is 2.80. The Bertz CT molecular complexity index is 284. The fraction of sp³-hybridized carbons (Fsp3) is 0.333. The van der Waals surface area contributed by atoms with Gasteiger partial charge in [0.25, 0.3) is 0 Å². The quantitative estimate of drug-likeness (QED) is 0.672. The lowest BCUT2D eigenvalue weighted by Crippen LogP contribution is -1.89. The molecule has 0 aliphatic carbocycles. The van der Waals surface area contributed by atoms with Crippen LogP contribution in [0.25, 0.3) is 0 Å². The first kappa shape index (κ1) is 9.21. The standard InChI is InChI=1S/C9H11O2P/c1-7-3-4-9(11-2)8(5-7)6-12-10/h3-5H,6H2,1-2H3. The Morgan fingerprint density at radius 2 is 2.25 bits per heavy atom. The Labute approximate surface area is 73.8 Å². The van der Waals surface area contributed by atoms with Crippen LogP contribution in [-0.2, 0) is 10.7 Å². The van der Waals surface area contributed by atoms with Gasteiger partial charge in [0.15, 0.2) is 8.46 Å². The Balaban J connectivity index is 3.03. The molecule has 0 saturated carbocycles. The van der Waals surface area contributed by atoms with Gasteiger partial charge in [0.1, 0.15) is 5.75 Å². The van der Waals surface area contributed by atoms with Crippen LogP contribution in [0.3, 0.4) is 0 Å². The fourth-order valence-electron chi connectivity index (χ4n) is 1.10. The number of hydrogen-bond donors (Lipinski definition) is 0. The lowest BCUT2D eigenvalue weighted by molar-refractivity contribution is 0.411. The smallest absolute Gasteiger partial charge is 0.160 e. The van der Waals surface area contributed by atoms with Crippen molar-refractivity contribution < 1.29 is 9.30 Å². The maximum absolute atomic E-state index is 10.4. The molecule has 0 aromatic heterocycles. The van der Waals surface area contributed by atoms with Crippen LogP contribution in [0.4, 0.5) is 0 Å². The number of rotatable bonds is 3. The summed E-state index contributed by atoms with van der Waals surface area (Å²) in [6, 6.07) is 5.86. The molecular formula is C9H11O2P. The molecule has 0 heterocycles. The van der Waals surface area contributed by atoms with E-state index in [1.54, 1.807) is 7.11 Å². The molecule has 12 heavy (non-hydrogen) atoms. The molecule has 64 valence electrons. The molecule has 0 bridgehead atoms. The number of ether oxygens (including phenoxy) is 1. The van der Waals surface area contributed by atoms with Gasteiger partial charge >= 0.3 is 0 Å². The zero-order chi connectivity index (χ0) is 8.97. The van der Waals surface area contributed by atoms with Crippen molar-refractivity contribution >= 4 is 8.46 Å². The van der Waals surface area contributed by atoms with Gasteiger partial charge in [0.05, 0.1) is 13.3 Å². The molecule has 0 radical (unpaired) electrons. The second-order valence-corrected chi connectivity index (χ2v) is 3.18. The Hall–Kier alpha value is -0.880. The number of aryl methyl sites for hydroxylation is 1. The molecule has 0 fully saturated rings. The largest absolute Gasteiger partial charge is 0.496 e. The monoisotopic (exact) mass is 182 g/mol. The second-order valence-electron chi connectivity index (χ2n) is 2.60. The van der Waals surface area contributed by atoms with Crippen molar-refractivity contribution in [3.63, 3.8) is 0 Å². The molecular weight excluding hydrogens is 171 g/mol. The molecule has 0 atom stereocenters. The first-order valence-electron chi connectivity index (χ1n) is 3.70. The Morgan fingerprint density at radius 1 is 1.50 bits per heavy atom. The molecule has 0 N–H and O–H groups in total. The molecule has 1 aromatic rings. The van der Waals surface area contributed by atoms with Crippen molar-refractivity contribution in [1.29, 1.82) is 0 Å². The van der Waals surface area contributed by atoms with E-state index in [1.807, 2.05) is 25.1 Å². The highest BCUT2D eigenvalue weighted by Crippen LogP contribution is 2.23. The second kappa shape index (κ2) is 4.22. The maximum atomic E-state index is 10.4. The lowest BCUT2D eigenvalue weighted by atomic mass is 10.1. The third-order valence-corrected chi connectivity index (χ3v) is 2.14. The highest BCUT2D eigenvalue weighted by atomic mass is 31.1. The SMILES string of the molecule is COc1ccc(C)cc1CP=O. The van der Waals surface area contributed by atoms with Crippen molar-refractivity contribution in [2.24, 2.45) is 0 Å². The average molecular weight is 182 g/mol. The van der Waals surface area contributed by atoms with E-state index in [0.717, 1.165) is 16.9 Å². The molecule has 0 spiro atoms. The van der Waals surface area contributed by atoms with Crippen molar-refractivity contribution in [3.8, 4) is 5.75 Å². The van der Waals surface area contributed by atoms with Gasteiger partial charge < -0.3 is 4.74 Å². The van der Waals surface area contributed by atoms with Gasteiger partial charge in [0, 0.05) is 5.56 Å².